The van der Waals surface area contributed by atoms with Crippen molar-refractivity contribution >= 4 is 16.5 Å². The molecule has 2 heterocycles. The van der Waals surface area contributed by atoms with Gasteiger partial charge in [-0.3, -0.25) is 9.80 Å². The highest BCUT2D eigenvalue weighted by Crippen LogP contribution is 2.15. The molecule has 0 radical (unpaired) electrons. The Kier molecular flexibility index (Phi) is 4.30. The molecule has 2 N–H and O–H groups in total. The van der Waals surface area contributed by atoms with Gasteiger partial charge in [-0.25, -0.2) is 4.98 Å². The van der Waals surface area contributed by atoms with E-state index in [-0.39, 0.29) is 0 Å². The number of nitrogen functional groups attached to an aromatic ring is 1. The van der Waals surface area contributed by atoms with E-state index in [0.29, 0.717) is 5.13 Å². The van der Waals surface area contributed by atoms with Crippen molar-refractivity contribution in [2.75, 3.05) is 31.9 Å². The highest BCUT2D eigenvalue weighted by Gasteiger charge is 2.17. The molecule has 5 heteroatoms. The number of hydrogen-bond donors (Lipinski definition) is 1. The van der Waals surface area contributed by atoms with Gasteiger partial charge in [-0.05, 0) is 5.56 Å². The van der Waals surface area contributed by atoms with Crippen molar-refractivity contribution in [2.24, 2.45) is 0 Å². The van der Waals surface area contributed by atoms with E-state index in [2.05, 4.69) is 50.5 Å². The monoisotopic (exact) mass is 288 g/mol. The minimum Gasteiger partial charge on any atom is -0.375 e. The largest absolute Gasteiger partial charge is 0.375 e. The zero-order chi connectivity index (χ0) is 13.8. The zero-order valence-corrected chi connectivity index (χ0v) is 12.4. The number of aromatic nitrogens is 1. The van der Waals surface area contributed by atoms with Crippen LogP contribution in [0.4, 0.5) is 5.13 Å². The predicted molar refractivity (Wildman–Crippen MR) is 83.5 cm³/mol. The van der Waals surface area contributed by atoms with Gasteiger partial charge in [0.05, 0.1) is 5.69 Å². The molecule has 1 aromatic carbocycles. The highest BCUT2D eigenvalue weighted by molar-refractivity contribution is 7.13. The Morgan fingerprint density at radius 3 is 2.25 bits per heavy atom. The van der Waals surface area contributed by atoms with Crippen LogP contribution in [0.25, 0.3) is 0 Å². The van der Waals surface area contributed by atoms with Gasteiger partial charge < -0.3 is 5.73 Å². The summed E-state index contributed by atoms with van der Waals surface area (Å²) in [6.07, 6.45) is 0. The second-order valence-electron chi connectivity index (χ2n) is 5.21. The summed E-state index contributed by atoms with van der Waals surface area (Å²) >= 11 is 1.52. The van der Waals surface area contributed by atoms with E-state index in [9.17, 15) is 0 Å². The Balaban J connectivity index is 1.47. The molecule has 106 valence electrons. The van der Waals surface area contributed by atoms with E-state index in [1.807, 2.05) is 0 Å². The maximum absolute atomic E-state index is 5.67. The predicted octanol–water partition coefficient (Wildman–Crippen LogP) is 2.04. The molecular weight excluding hydrogens is 268 g/mol. The van der Waals surface area contributed by atoms with Crippen LogP contribution in [0, 0.1) is 0 Å². The Morgan fingerprint density at radius 2 is 1.65 bits per heavy atom. The second-order valence-corrected chi connectivity index (χ2v) is 6.10. The first-order chi connectivity index (χ1) is 9.79. The number of hydrogen-bond acceptors (Lipinski definition) is 5. The summed E-state index contributed by atoms with van der Waals surface area (Å²) < 4.78 is 0. The van der Waals surface area contributed by atoms with Crippen LogP contribution in [-0.2, 0) is 13.1 Å². The van der Waals surface area contributed by atoms with Gasteiger partial charge in [-0.2, -0.15) is 0 Å². The zero-order valence-electron chi connectivity index (χ0n) is 11.5. The summed E-state index contributed by atoms with van der Waals surface area (Å²) in [6, 6.07) is 10.7. The maximum atomic E-state index is 5.67. The van der Waals surface area contributed by atoms with Crippen molar-refractivity contribution in [2.45, 2.75) is 13.1 Å². The molecule has 0 saturated carbocycles. The first-order valence-corrected chi connectivity index (χ1v) is 7.86. The molecule has 1 saturated heterocycles. The van der Waals surface area contributed by atoms with E-state index >= 15 is 0 Å². The SMILES string of the molecule is Nc1nc(CN2CCN(Cc3ccccc3)CC2)cs1. The van der Waals surface area contributed by atoms with Crippen LogP contribution in [0.1, 0.15) is 11.3 Å². The molecule has 20 heavy (non-hydrogen) atoms. The van der Waals surface area contributed by atoms with Gasteiger partial charge in [0, 0.05) is 44.6 Å². The molecular formula is C15H20N4S. The Hall–Kier alpha value is -1.43. The molecule has 0 atom stereocenters. The van der Waals surface area contributed by atoms with Gasteiger partial charge in [-0.1, -0.05) is 30.3 Å². The van der Waals surface area contributed by atoms with E-state index in [4.69, 9.17) is 5.73 Å². The molecule has 0 unspecified atom stereocenters. The number of thiazole rings is 1. The average molecular weight is 288 g/mol. The molecule has 0 bridgehead atoms. The maximum Gasteiger partial charge on any atom is 0.180 e. The Bertz CT molecular complexity index is 532. The van der Waals surface area contributed by atoms with Crippen molar-refractivity contribution in [3.05, 3.63) is 47.0 Å². The quantitative estimate of drug-likeness (QED) is 0.935. The third kappa shape index (κ3) is 3.56. The number of nitrogens with zero attached hydrogens (tertiary/aromatic N) is 3. The van der Waals surface area contributed by atoms with E-state index in [1.165, 1.54) is 16.9 Å². The highest BCUT2D eigenvalue weighted by atomic mass is 32.1. The molecule has 0 amide bonds. The first-order valence-electron chi connectivity index (χ1n) is 6.98. The van der Waals surface area contributed by atoms with Crippen LogP contribution in [-0.4, -0.2) is 41.0 Å². The molecule has 3 rings (SSSR count). The fourth-order valence-electron chi connectivity index (χ4n) is 2.57. The van der Waals surface area contributed by atoms with Gasteiger partial charge in [0.15, 0.2) is 5.13 Å². The normalized spacial score (nSPS) is 17.4. The summed E-state index contributed by atoms with van der Waals surface area (Å²) in [7, 11) is 0. The third-order valence-corrected chi connectivity index (χ3v) is 4.39. The van der Waals surface area contributed by atoms with Gasteiger partial charge in [0.25, 0.3) is 0 Å². The van der Waals surface area contributed by atoms with Crippen LogP contribution in [0.2, 0.25) is 0 Å². The van der Waals surface area contributed by atoms with E-state index in [0.717, 1.165) is 45.0 Å². The summed E-state index contributed by atoms with van der Waals surface area (Å²) in [6.45, 7) is 6.42. The molecule has 4 nitrogen and oxygen atoms in total. The van der Waals surface area contributed by atoms with Crippen molar-refractivity contribution in [3.63, 3.8) is 0 Å². The van der Waals surface area contributed by atoms with Crippen molar-refractivity contribution < 1.29 is 0 Å². The molecule has 1 aliphatic heterocycles. The van der Waals surface area contributed by atoms with Crippen molar-refractivity contribution in [3.8, 4) is 0 Å². The van der Waals surface area contributed by atoms with Crippen LogP contribution in [0.5, 0.6) is 0 Å². The number of nitrogens with two attached hydrogens (primary N) is 1. The summed E-state index contributed by atoms with van der Waals surface area (Å²) in [5, 5.41) is 2.73. The first kappa shape index (κ1) is 13.5. The lowest BCUT2D eigenvalue weighted by molar-refractivity contribution is 0.121. The van der Waals surface area contributed by atoms with Gasteiger partial charge in [0.2, 0.25) is 0 Å². The second kappa shape index (κ2) is 6.35. The van der Waals surface area contributed by atoms with Gasteiger partial charge in [-0.15, -0.1) is 11.3 Å². The number of rotatable bonds is 4. The molecule has 1 aromatic heterocycles. The van der Waals surface area contributed by atoms with Crippen molar-refractivity contribution in [1.82, 2.24) is 14.8 Å². The van der Waals surface area contributed by atoms with E-state index in [1.54, 1.807) is 0 Å². The fourth-order valence-corrected chi connectivity index (χ4v) is 3.13. The molecule has 1 aliphatic rings. The van der Waals surface area contributed by atoms with Gasteiger partial charge in [0.1, 0.15) is 0 Å². The van der Waals surface area contributed by atoms with Crippen LogP contribution in [0.15, 0.2) is 35.7 Å². The van der Waals surface area contributed by atoms with Crippen molar-refractivity contribution in [1.29, 1.82) is 0 Å². The average Bonchev–Trinajstić information content (AvgIpc) is 2.88. The van der Waals surface area contributed by atoms with E-state index < -0.39 is 0 Å². The lowest BCUT2D eigenvalue weighted by atomic mass is 10.2. The standard InChI is InChI=1S/C15H20N4S/c16-15-17-14(12-20-15)11-19-8-6-18(7-9-19)10-13-4-2-1-3-5-13/h1-5,12H,6-11H2,(H2,16,17). The van der Waals surface area contributed by atoms with Crippen LogP contribution in [0.3, 0.4) is 0 Å². The molecule has 1 fully saturated rings. The summed E-state index contributed by atoms with van der Waals surface area (Å²) in [5.74, 6) is 0. The lowest BCUT2D eigenvalue weighted by Gasteiger charge is -2.34. The molecule has 2 aromatic rings. The van der Waals surface area contributed by atoms with Crippen LogP contribution >= 0.6 is 11.3 Å². The molecule has 0 spiro atoms. The minimum absolute atomic E-state index is 0.669. The Labute approximate surface area is 123 Å². The van der Waals surface area contributed by atoms with Crippen LogP contribution < -0.4 is 5.73 Å². The molecule has 0 aliphatic carbocycles. The lowest BCUT2D eigenvalue weighted by Crippen LogP contribution is -2.45. The Morgan fingerprint density at radius 1 is 1.00 bits per heavy atom. The number of piperazine rings is 1. The third-order valence-electron chi connectivity index (χ3n) is 3.67. The summed E-state index contributed by atoms with van der Waals surface area (Å²) in [5.41, 5.74) is 8.17. The smallest absolute Gasteiger partial charge is 0.180 e. The van der Waals surface area contributed by atoms with Gasteiger partial charge >= 0.3 is 0 Å². The topological polar surface area (TPSA) is 45.4 Å². The summed E-state index contributed by atoms with van der Waals surface area (Å²) in [4.78, 5) is 9.30. The number of anilines is 1. The number of benzene rings is 1. The minimum atomic E-state index is 0.669. The fraction of sp³-hybridized carbons (Fsp3) is 0.400.